The summed E-state index contributed by atoms with van der Waals surface area (Å²) < 4.78 is 56.0. The molecule has 1 aliphatic heterocycles. The summed E-state index contributed by atoms with van der Waals surface area (Å²) in [5.41, 5.74) is 0.158. The standard InChI is InChI=1S/C26H21ClF4N4O3/c1-34-14-20(24(36)35-10-8-16(9-11-35)15-2-4-18(28)5-3-15)23(22(27)25(34)37)33-21-7-6-19(12-17(21)13-32)38-26(29,30)31/h2-7,12,14,16,33H,8-11H2,1H3. The number of hydrogen-bond donors (Lipinski definition) is 1. The number of carbonyl (C=O) groups excluding carboxylic acids is 1. The fourth-order valence-corrected chi connectivity index (χ4v) is 4.64. The Morgan fingerprint density at radius 3 is 2.42 bits per heavy atom. The van der Waals surface area contributed by atoms with Crippen LogP contribution in [0.1, 0.15) is 40.2 Å². The number of rotatable bonds is 5. The Hall–Kier alpha value is -4.04. The van der Waals surface area contributed by atoms with Crippen LogP contribution in [0.3, 0.4) is 0 Å². The predicted molar refractivity (Wildman–Crippen MR) is 132 cm³/mol. The van der Waals surface area contributed by atoms with Gasteiger partial charge in [0, 0.05) is 32.4 Å². The van der Waals surface area contributed by atoms with E-state index in [1.165, 1.54) is 25.4 Å². The van der Waals surface area contributed by atoms with Gasteiger partial charge >= 0.3 is 6.36 Å². The fourth-order valence-electron chi connectivity index (χ4n) is 4.36. The summed E-state index contributed by atoms with van der Waals surface area (Å²) in [4.78, 5) is 27.7. The first-order valence-electron chi connectivity index (χ1n) is 11.5. The van der Waals surface area contributed by atoms with E-state index < -0.39 is 23.6 Å². The minimum absolute atomic E-state index is 0.0289. The first-order chi connectivity index (χ1) is 18.0. The van der Waals surface area contributed by atoms with Gasteiger partial charge in [0.05, 0.1) is 22.5 Å². The zero-order valence-corrected chi connectivity index (χ0v) is 20.7. The number of nitrogens with zero attached hydrogens (tertiary/aromatic N) is 3. The van der Waals surface area contributed by atoms with Gasteiger partial charge in [-0.25, -0.2) is 4.39 Å². The molecule has 0 unspecified atom stereocenters. The molecule has 0 spiro atoms. The van der Waals surface area contributed by atoms with Crippen LogP contribution in [0.2, 0.25) is 5.02 Å². The molecule has 1 N–H and O–H groups in total. The van der Waals surface area contributed by atoms with Crippen molar-refractivity contribution in [2.75, 3.05) is 18.4 Å². The van der Waals surface area contributed by atoms with Crippen LogP contribution in [-0.4, -0.2) is 34.8 Å². The summed E-state index contributed by atoms with van der Waals surface area (Å²) in [5, 5.41) is 12.0. The van der Waals surface area contributed by atoms with E-state index in [2.05, 4.69) is 10.1 Å². The van der Waals surface area contributed by atoms with Crippen LogP contribution in [-0.2, 0) is 7.05 Å². The Balaban J connectivity index is 1.61. The number of hydrogen-bond acceptors (Lipinski definition) is 5. The summed E-state index contributed by atoms with van der Waals surface area (Å²) >= 11 is 6.31. The normalized spacial score (nSPS) is 14.2. The lowest BCUT2D eigenvalue weighted by molar-refractivity contribution is -0.274. The van der Waals surface area contributed by atoms with Crippen molar-refractivity contribution in [3.63, 3.8) is 0 Å². The highest BCUT2D eigenvalue weighted by atomic mass is 35.5. The van der Waals surface area contributed by atoms with Crippen LogP contribution in [0.5, 0.6) is 5.75 Å². The minimum atomic E-state index is -4.94. The van der Waals surface area contributed by atoms with E-state index in [0.717, 1.165) is 28.3 Å². The monoisotopic (exact) mass is 548 g/mol. The Morgan fingerprint density at radius 2 is 1.82 bits per heavy atom. The number of nitriles is 1. The maximum absolute atomic E-state index is 13.5. The van der Waals surface area contributed by atoms with Crippen molar-refractivity contribution in [1.29, 1.82) is 5.26 Å². The van der Waals surface area contributed by atoms with Crippen molar-refractivity contribution in [2.45, 2.75) is 25.1 Å². The molecule has 1 saturated heterocycles. The smallest absolute Gasteiger partial charge is 0.406 e. The maximum Gasteiger partial charge on any atom is 0.573 e. The van der Waals surface area contributed by atoms with Gasteiger partial charge in [-0.2, -0.15) is 5.26 Å². The molecule has 4 rings (SSSR count). The number of ether oxygens (including phenoxy) is 1. The molecule has 0 radical (unpaired) electrons. The summed E-state index contributed by atoms with van der Waals surface area (Å²) in [6.45, 7) is 0.793. The van der Waals surface area contributed by atoms with E-state index in [-0.39, 0.29) is 39.3 Å². The number of halogens is 5. The average molecular weight is 549 g/mol. The van der Waals surface area contributed by atoms with E-state index in [4.69, 9.17) is 11.6 Å². The van der Waals surface area contributed by atoms with Crippen molar-refractivity contribution in [2.24, 2.45) is 7.05 Å². The Labute approximate surface area is 219 Å². The summed E-state index contributed by atoms with van der Waals surface area (Å²) in [6.07, 6.45) is -2.35. The van der Waals surface area contributed by atoms with E-state index in [1.807, 2.05) is 0 Å². The predicted octanol–water partition coefficient (Wildman–Crippen LogP) is 5.71. The van der Waals surface area contributed by atoms with Crippen LogP contribution in [0, 0.1) is 17.1 Å². The van der Waals surface area contributed by atoms with Gasteiger partial charge in [0.25, 0.3) is 11.5 Å². The zero-order valence-electron chi connectivity index (χ0n) is 20.0. The van der Waals surface area contributed by atoms with Gasteiger partial charge in [0.15, 0.2) is 0 Å². The minimum Gasteiger partial charge on any atom is -0.406 e. The highest BCUT2D eigenvalue weighted by Gasteiger charge is 2.32. The largest absolute Gasteiger partial charge is 0.573 e. The van der Waals surface area contributed by atoms with Crippen molar-refractivity contribution >= 4 is 28.9 Å². The number of aromatic nitrogens is 1. The molecule has 0 atom stereocenters. The summed E-state index contributed by atoms with van der Waals surface area (Å²) in [5.74, 6) is -1.19. The molecule has 1 aromatic heterocycles. The molecule has 0 bridgehead atoms. The van der Waals surface area contributed by atoms with Crippen LogP contribution >= 0.6 is 11.6 Å². The Kier molecular flexibility index (Phi) is 7.64. The van der Waals surface area contributed by atoms with Crippen molar-refractivity contribution in [3.05, 3.63) is 86.5 Å². The summed E-state index contributed by atoms with van der Waals surface area (Å²) in [7, 11) is 1.43. The molecule has 1 amide bonds. The van der Waals surface area contributed by atoms with Gasteiger partial charge in [0.1, 0.15) is 22.7 Å². The van der Waals surface area contributed by atoms with Crippen molar-refractivity contribution in [3.8, 4) is 11.8 Å². The molecule has 3 aromatic rings. The van der Waals surface area contributed by atoms with Gasteiger partial charge in [0.2, 0.25) is 0 Å². The molecule has 1 fully saturated rings. The number of benzene rings is 2. The number of aryl methyl sites for hydroxylation is 1. The lowest BCUT2D eigenvalue weighted by atomic mass is 9.89. The molecule has 12 heteroatoms. The van der Waals surface area contributed by atoms with E-state index in [1.54, 1.807) is 23.1 Å². The number of pyridine rings is 1. The van der Waals surface area contributed by atoms with Gasteiger partial charge in [-0.3, -0.25) is 9.59 Å². The lowest BCUT2D eigenvalue weighted by Crippen LogP contribution is -2.39. The molecular formula is C26H21ClF4N4O3. The van der Waals surface area contributed by atoms with E-state index in [9.17, 15) is 32.4 Å². The second kappa shape index (κ2) is 10.8. The number of amides is 1. The Morgan fingerprint density at radius 1 is 1.16 bits per heavy atom. The number of piperidine rings is 1. The topological polar surface area (TPSA) is 87.4 Å². The zero-order chi connectivity index (χ0) is 27.6. The number of anilines is 2. The number of nitrogens with one attached hydrogen (secondary N) is 1. The SMILES string of the molecule is Cn1cc(C(=O)N2CCC(c3ccc(F)cc3)CC2)c(Nc2ccc(OC(F)(F)F)cc2C#N)c(Cl)c1=O. The second-order valence-corrected chi connectivity index (χ2v) is 9.14. The maximum atomic E-state index is 13.5. The fraction of sp³-hybridized carbons (Fsp3) is 0.269. The Bertz CT molecular complexity index is 1460. The highest BCUT2D eigenvalue weighted by molar-refractivity contribution is 6.34. The first kappa shape index (κ1) is 27.0. The molecule has 198 valence electrons. The van der Waals surface area contributed by atoms with Gasteiger partial charge < -0.3 is 19.5 Å². The molecule has 2 aromatic carbocycles. The lowest BCUT2D eigenvalue weighted by Gasteiger charge is -2.33. The third kappa shape index (κ3) is 5.92. The van der Waals surface area contributed by atoms with Gasteiger partial charge in [-0.1, -0.05) is 23.7 Å². The van der Waals surface area contributed by atoms with Gasteiger partial charge in [-0.05, 0) is 48.6 Å². The van der Waals surface area contributed by atoms with Crippen LogP contribution < -0.4 is 15.6 Å². The van der Waals surface area contributed by atoms with Crippen LogP contribution in [0.4, 0.5) is 28.9 Å². The molecule has 2 heterocycles. The van der Waals surface area contributed by atoms with Crippen molar-refractivity contribution < 1.29 is 27.1 Å². The molecule has 7 nitrogen and oxygen atoms in total. The average Bonchev–Trinajstić information content (AvgIpc) is 2.88. The molecule has 1 aliphatic rings. The first-order valence-corrected chi connectivity index (χ1v) is 11.9. The summed E-state index contributed by atoms with van der Waals surface area (Å²) in [6, 6.07) is 11.1. The van der Waals surface area contributed by atoms with Crippen molar-refractivity contribution in [1.82, 2.24) is 9.47 Å². The molecule has 0 saturated carbocycles. The van der Waals surface area contributed by atoms with Crippen LogP contribution in [0.15, 0.2) is 53.5 Å². The van der Waals surface area contributed by atoms with E-state index >= 15 is 0 Å². The second-order valence-electron chi connectivity index (χ2n) is 8.76. The molecule has 0 aliphatic carbocycles. The number of likely N-dealkylation sites (tertiary alicyclic amines) is 1. The highest BCUT2D eigenvalue weighted by Crippen LogP contribution is 2.34. The van der Waals surface area contributed by atoms with Gasteiger partial charge in [-0.15, -0.1) is 13.2 Å². The number of alkyl halides is 3. The molecule has 38 heavy (non-hydrogen) atoms. The van der Waals surface area contributed by atoms with E-state index in [0.29, 0.717) is 25.9 Å². The van der Waals surface area contributed by atoms with Crippen LogP contribution in [0.25, 0.3) is 0 Å². The third-order valence-corrected chi connectivity index (χ3v) is 6.63. The molecular weight excluding hydrogens is 528 g/mol. The quantitative estimate of drug-likeness (QED) is 0.413. The third-order valence-electron chi connectivity index (χ3n) is 6.28. The number of carbonyl (C=O) groups is 1.